The Kier molecular flexibility index (Phi) is 7.54. The summed E-state index contributed by atoms with van der Waals surface area (Å²) < 4.78 is 5.82. The number of hydrogen-bond acceptors (Lipinski definition) is 4. The predicted molar refractivity (Wildman–Crippen MR) is 115 cm³/mol. The number of primary amides is 1. The number of urea groups is 1. The lowest BCUT2D eigenvalue weighted by molar-refractivity contribution is -0.118. The molecule has 0 aromatic heterocycles. The number of carbonyl (C=O) groups is 2. The molecule has 7 nitrogen and oxygen atoms in total. The molecule has 0 radical (unpaired) electrons. The minimum absolute atomic E-state index is 0.0161. The molecule has 160 valence electrons. The lowest BCUT2D eigenvalue weighted by atomic mass is 9.93. The number of nitrogens with one attached hydrogen (secondary N) is 1. The molecule has 2 atom stereocenters. The van der Waals surface area contributed by atoms with Crippen molar-refractivity contribution in [3.8, 4) is 5.75 Å². The standard InChI is InChI=1S/C21H31ClN4O3/c1-13(23)15-11-26(9-5-6-18(24)27)20(28)25-19(15)14-7-8-17(16(22)10-14)29-12-21(2,3)4/h7-8,10-11,13,19H,5-6,9,12,23H2,1-4H3,(H2,24,27)(H,25,28). The molecule has 1 aliphatic rings. The van der Waals surface area contributed by atoms with Crippen molar-refractivity contribution in [1.29, 1.82) is 0 Å². The predicted octanol–water partition coefficient (Wildman–Crippen LogP) is 3.33. The van der Waals surface area contributed by atoms with Crippen LogP contribution in [-0.4, -0.2) is 36.0 Å². The quantitative estimate of drug-likeness (QED) is 0.596. The van der Waals surface area contributed by atoms with Crippen LogP contribution < -0.4 is 21.5 Å². The summed E-state index contributed by atoms with van der Waals surface area (Å²) in [5.41, 5.74) is 13.0. The van der Waals surface area contributed by atoms with Gasteiger partial charge in [0.2, 0.25) is 5.91 Å². The molecule has 0 bridgehead atoms. The highest BCUT2D eigenvalue weighted by Gasteiger charge is 2.30. The average molecular weight is 423 g/mol. The van der Waals surface area contributed by atoms with E-state index in [1.54, 1.807) is 12.3 Å². The fourth-order valence-electron chi connectivity index (χ4n) is 2.96. The molecular formula is C21H31ClN4O3. The Morgan fingerprint density at radius 3 is 2.62 bits per heavy atom. The zero-order valence-corrected chi connectivity index (χ0v) is 18.3. The summed E-state index contributed by atoms with van der Waals surface area (Å²) in [6.45, 7) is 9.04. The first kappa shape index (κ1) is 23.0. The maximum atomic E-state index is 12.5. The number of hydrogen-bond donors (Lipinski definition) is 3. The van der Waals surface area contributed by atoms with Crippen LogP contribution in [0.25, 0.3) is 0 Å². The Morgan fingerprint density at radius 1 is 1.38 bits per heavy atom. The van der Waals surface area contributed by atoms with Crippen molar-refractivity contribution < 1.29 is 14.3 Å². The number of carbonyl (C=O) groups excluding carboxylic acids is 2. The number of halogens is 1. The van der Waals surface area contributed by atoms with E-state index in [9.17, 15) is 9.59 Å². The van der Waals surface area contributed by atoms with Gasteiger partial charge in [0, 0.05) is 25.2 Å². The zero-order chi connectivity index (χ0) is 21.8. The first-order valence-electron chi connectivity index (χ1n) is 9.73. The molecule has 0 fully saturated rings. The van der Waals surface area contributed by atoms with Gasteiger partial charge in [0.25, 0.3) is 0 Å². The second-order valence-corrected chi connectivity index (χ2v) is 9.01. The van der Waals surface area contributed by atoms with E-state index in [2.05, 4.69) is 26.1 Å². The molecule has 0 saturated heterocycles. The summed E-state index contributed by atoms with van der Waals surface area (Å²) in [4.78, 5) is 25.0. The van der Waals surface area contributed by atoms with Crippen LogP contribution in [0.3, 0.4) is 0 Å². The van der Waals surface area contributed by atoms with E-state index in [4.69, 9.17) is 27.8 Å². The third-order valence-electron chi connectivity index (χ3n) is 4.46. The summed E-state index contributed by atoms with van der Waals surface area (Å²) in [6.07, 6.45) is 2.47. The summed E-state index contributed by atoms with van der Waals surface area (Å²) in [5.74, 6) is 0.215. The summed E-state index contributed by atoms with van der Waals surface area (Å²) in [5, 5.41) is 3.46. The summed E-state index contributed by atoms with van der Waals surface area (Å²) in [7, 11) is 0. The van der Waals surface area contributed by atoms with Gasteiger partial charge in [0.1, 0.15) is 5.75 Å². The molecule has 29 heavy (non-hydrogen) atoms. The van der Waals surface area contributed by atoms with Crippen molar-refractivity contribution in [2.24, 2.45) is 16.9 Å². The number of benzene rings is 1. The van der Waals surface area contributed by atoms with E-state index < -0.39 is 0 Å². The van der Waals surface area contributed by atoms with Crippen LogP contribution in [0.4, 0.5) is 4.79 Å². The first-order chi connectivity index (χ1) is 13.5. The van der Waals surface area contributed by atoms with Gasteiger partial charge in [-0.25, -0.2) is 4.79 Å². The number of ether oxygens (including phenoxy) is 1. The Morgan fingerprint density at radius 2 is 2.07 bits per heavy atom. The van der Waals surface area contributed by atoms with E-state index in [-0.39, 0.29) is 35.9 Å². The molecule has 0 spiro atoms. The van der Waals surface area contributed by atoms with Crippen molar-refractivity contribution in [1.82, 2.24) is 10.2 Å². The molecule has 1 aromatic rings. The highest BCUT2D eigenvalue weighted by atomic mass is 35.5. The number of nitrogens with zero attached hydrogens (tertiary/aromatic N) is 1. The molecule has 1 heterocycles. The smallest absolute Gasteiger partial charge is 0.322 e. The Labute approximate surface area is 177 Å². The van der Waals surface area contributed by atoms with Crippen LogP contribution >= 0.6 is 11.6 Å². The van der Waals surface area contributed by atoms with Gasteiger partial charge >= 0.3 is 6.03 Å². The van der Waals surface area contributed by atoms with E-state index in [1.165, 1.54) is 4.90 Å². The number of rotatable bonds is 8. The van der Waals surface area contributed by atoms with E-state index in [0.717, 1.165) is 11.1 Å². The van der Waals surface area contributed by atoms with Gasteiger partial charge < -0.3 is 26.4 Å². The van der Waals surface area contributed by atoms with Gasteiger partial charge in [-0.05, 0) is 42.0 Å². The maximum Gasteiger partial charge on any atom is 0.322 e. The maximum absolute atomic E-state index is 12.5. The molecule has 2 unspecified atom stereocenters. The second-order valence-electron chi connectivity index (χ2n) is 8.60. The number of nitrogens with two attached hydrogens (primary N) is 2. The molecule has 1 aromatic carbocycles. The van der Waals surface area contributed by atoms with Crippen LogP contribution in [0.15, 0.2) is 30.0 Å². The average Bonchev–Trinajstić information content (AvgIpc) is 2.60. The Bertz CT molecular complexity index is 787. The minimum atomic E-state index is -0.389. The highest BCUT2D eigenvalue weighted by molar-refractivity contribution is 6.32. The second kappa shape index (κ2) is 9.50. The molecule has 3 amide bonds. The molecule has 8 heteroatoms. The van der Waals surface area contributed by atoms with Gasteiger partial charge in [0.05, 0.1) is 17.7 Å². The fourth-order valence-corrected chi connectivity index (χ4v) is 3.20. The molecule has 2 rings (SSSR count). The molecular weight excluding hydrogens is 392 g/mol. The Balaban J connectivity index is 2.21. The van der Waals surface area contributed by atoms with Crippen LogP contribution in [0, 0.1) is 5.41 Å². The lowest BCUT2D eigenvalue weighted by Gasteiger charge is -2.34. The molecule has 5 N–H and O–H groups in total. The van der Waals surface area contributed by atoms with Crippen molar-refractivity contribution in [3.05, 3.63) is 40.6 Å². The fraction of sp³-hybridized carbons (Fsp3) is 0.524. The number of amides is 3. The van der Waals surface area contributed by atoms with Crippen LogP contribution in [0.2, 0.25) is 5.02 Å². The summed E-state index contributed by atoms with van der Waals surface area (Å²) >= 11 is 6.43. The largest absolute Gasteiger partial charge is 0.491 e. The van der Waals surface area contributed by atoms with Crippen LogP contribution in [0.5, 0.6) is 5.75 Å². The van der Waals surface area contributed by atoms with Gasteiger partial charge in [-0.1, -0.05) is 38.4 Å². The van der Waals surface area contributed by atoms with E-state index in [1.807, 2.05) is 19.1 Å². The van der Waals surface area contributed by atoms with Gasteiger partial charge in [0.15, 0.2) is 0 Å². The third-order valence-corrected chi connectivity index (χ3v) is 4.76. The lowest BCUT2D eigenvalue weighted by Crippen LogP contribution is -2.47. The minimum Gasteiger partial charge on any atom is -0.491 e. The van der Waals surface area contributed by atoms with Gasteiger partial charge in [-0.15, -0.1) is 0 Å². The zero-order valence-electron chi connectivity index (χ0n) is 17.5. The van der Waals surface area contributed by atoms with E-state index in [0.29, 0.717) is 30.3 Å². The highest BCUT2D eigenvalue weighted by Crippen LogP contribution is 2.34. The van der Waals surface area contributed by atoms with Gasteiger partial charge in [-0.2, -0.15) is 0 Å². The molecule has 0 saturated carbocycles. The SMILES string of the molecule is CC(N)C1=CN(CCCC(N)=O)C(=O)NC1c1ccc(OCC(C)(C)C)c(Cl)c1. The molecule has 1 aliphatic heterocycles. The Hall–Kier alpha value is -2.25. The topological polar surface area (TPSA) is 111 Å². The van der Waals surface area contributed by atoms with Crippen LogP contribution in [0.1, 0.15) is 52.1 Å². The van der Waals surface area contributed by atoms with Gasteiger partial charge in [-0.3, -0.25) is 4.79 Å². The van der Waals surface area contributed by atoms with Crippen LogP contribution in [-0.2, 0) is 4.79 Å². The molecule has 0 aliphatic carbocycles. The van der Waals surface area contributed by atoms with E-state index >= 15 is 0 Å². The first-order valence-corrected chi connectivity index (χ1v) is 10.1. The third kappa shape index (κ3) is 6.65. The van der Waals surface area contributed by atoms with Crippen molar-refractivity contribution in [2.45, 2.75) is 52.6 Å². The van der Waals surface area contributed by atoms with Crippen molar-refractivity contribution >= 4 is 23.5 Å². The monoisotopic (exact) mass is 422 g/mol. The van der Waals surface area contributed by atoms with Crippen molar-refractivity contribution in [3.63, 3.8) is 0 Å². The normalized spacial score (nSPS) is 18.1. The van der Waals surface area contributed by atoms with Crippen molar-refractivity contribution in [2.75, 3.05) is 13.2 Å². The summed E-state index contributed by atoms with van der Waals surface area (Å²) in [6, 6.07) is 4.57.